The third-order valence-corrected chi connectivity index (χ3v) is 8.24. The first kappa shape index (κ1) is 46.6. The average molecular weight is 782 g/mol. The van der Waals surface area contributed by atoms with E-state index < -0.39 is 60.1 Å². The molecule has 0 spiro atoms. The zero-order chi connectivity index (χ0) is 41.5. The van der Waals surface area contributed by atoms with Crippen LogP contribution in [0, 0.1) is 0 Å². The topological polar surface area (TPSA) is 236 Å². The number of ether oxygens (including phenoxy) is 2. The number of amides is 6. The lowest BCUT2D eigenvalue weighted by Gasteiger charge is -2.21. The molecule has 308 valence electrons. The van der Waals surface area contributed by atoms with Gasteiger partial charge in [-0.3, -0.25) is 24.0 Å². The smallest absolute Gasteiger partial charge is 0.407 e. The summed E-state index contributed by atoms with van der Waals surface area (Å²) in [5.41, 5.74) is 7.19. The van der Waals surface area contributed by atoms with E-state index >= 15 is 0 Å². The molecule has 0 aliphatic heterocycles. The van der Waals surface area contributed by atoms with Crippen molar-refractivity contribution in [3.05, 3.63) is 71.8 Å². The van der Waals surface area contributed by atoms with Crippen molar-refractivity contribution >= 4 is 41.6 Å². The Labute approximate surface area is 329 Å². The van der Waals surface area contributed by atoms with Gasteiger partial charge in [-0.2, -0.15) is 0 Å². The van der Waals surface area contributed by atoms with Crippen LogP contribution < -0.4 is 37.6 Å². The number of nitrogens with one attached hydrogen (secondary N) is 6. The van der Waals surface area contributed by atoms with Gasteiger partial charge in [-0.05, 0) is 65.0 Å². The molecule has 0 radical (unpaired) electrons. The van der Waals surface area contributed by atoms with Gasteiger partial charge in [0.2, 0.25) is 29.5 Å². The number of carbonyl (C=O) groups excluding carboxylic acids is 7. The van der Waals surface area contributed by atoms with Gasteiger partial charge in [0.25, 0.3) is 0 Å². The zero-order valence-electron chi connectivity index (χ0n) is 33.1. The lowest BCUT2D eigenvalue weighted by atomic mass is 10.1. The van der Waals surface area contributed by atoms with Gasteiger partial charge in [0.05, 0.1) is 6.04 Å². The normalized spacial score (nSPS) is 14.0. The SMILES string of the molecule is C[C@H](CC(=O)N[C@@H](C)CC(=O)N[C@@H](C)CC(=O)N[C@@H](CCCCNC(=O)OCc1ccccc1)C(=O)OCc1ccccc1)NC(=O)C[C@@H](C)NC(=O)[C@H](C)N. The van der Waals surface area contributed by atoms with E-state index in [-0.39, 0.29) is 63.0 Å². The highest BCUT2D eigenvalue weighted by molar-refractivity contribution is 5.86. The second kappa shape index (κ2) is 25.5. The Kier molecular flexibility index (Phi) is 21.3. The molecule has 0 saturated carbocycles. The first-order chi connectivity index (χ1) is 26.6. The summed E-state index contributed by atoms with van der Waals surface area (Å²) in [5.74, 6) is -2.54. The number of nitrogens with two attached hydrogens (primary N) is 1. The van der Waals surface area contributed by atoms with Crippen LogP contribution in [0.2, 0.25) is 0 Å². The maximum absolute atomic E-state index is 13.1. The molecular formula is C40H59N7O9. The van der Waals surface area contributed by atoms with Crippen molar-refractivity contribution in [1.29, 1.82) is 0 Å². The second-order valence-electron chi connectivity index (χ2n) is 14.1. The molecule has 16 nitrogen and oxygen atoms in total. The highest BCUT2D eigenvalue weighted by atomic mass is 16.5. The molecule has 2 aromatic rings. The van der Waals surface area contributed by atoms with Crippen LogP contribution in [0.4, 0.5) is 4.79 Å². The van der Waals surface area contributed by atoms with E-state index in [1.54, 1.807) is 34.6 Å². The highest BCUT2D eigenvalue weighted by Crippen LogP contribution is 2.08. The maximum Gasteiger partial charge on any atom is 0.407 e. The van der Waals surface area contributed by atoms with Crippen LogP contribution in [0.5, 0.6) is 0 Å². The van der Waals surface area contributed by atoms with Crippen LogP contribution in [0.15, 0.2) is 60.7 Å². The van der Waals surface area contributed by atoms with Crippen molar-refractivity contribution in [2.45, 2.75) is 129 Å². The van der Waals surface area contributed by atoms with Crippen LogP contribution >= 0.6 is 0 Å². The largest absolute Gasteiger partial charge is 0.459 e. The Balaban J connectivity index is 1.77. The molecule has 0 fully saturated rings. The lowest BCUT2D eigenvalue weighted by Crippen LogP contribution is -2.46. The van der Waals surface area contributed by atoms with Gasteiger partial charge in [0, 0.05) is 56.4 Å². The number of alkyl carbamates (subject to hydrolysis) is 1. The zero-order valence-corrected chi connectivity index (χ0v) is 33.1. The van der Waals surface area contributed by atoms with Gasteiger partial charge in [-0.1, -0.05) is 60.7 Å². The maximum atomic E-state index is 13.1. The summed E-state index contributed by atoms with van der Waals surface area (Å²) in [4.78, 5) is 87.5. The number of esters is 1. The predicted octanol–water partition coefficient (Wildman–Crippen LogP) is 2.24. The fraction of sp³-hybridized carbons (Fsp3) is 0.525. The Bertz CT molecular complexity index is 1560. The van der Waals surface area contributed by atoms with E-state index in [1.165, 1.54) is 0 Å². The number of benzene rings is 2. The highest BCUT2D eigenvalue weighted by Gasteiger charge is 2.24. The molecule has 6 amide bonds. The Morgan fingerprint density at radius 2 is 0.964 bits per heavy atom. The third-order valence-electron chi connectivity index (χ3n) is 8.24. The Morgan fingerprint density at radius 3 is 1.41 bits per heavy atom. The van der Waals surface area contributed by atoms with Crippen molar-refractivity contribution in [1.82, 2.24) is 31.9 Å². The number of unbranched alkanes of at least 4 members (excludes halogenated alkanes) is 1. The van der Waals surface area contributed by atoms with Gasteiger partial charge in [-0.15, -0.1) is 0 Å². The van der Waals surface area contributed by atoms with Crippen LogP contribution in [-0.4, -0.2) is 84.4 Å². The van der Waals surface area contributed by atoms with E-state index in [0.29, 0.717) is 19.4 Å². The van der Waals surface area contributed by atoms with Crippen molar-refractivity contribution in [2.24, 2.45) is 5.73 Å². The standard InChI is InChI=1S/C40H59N7O9/c1-26(43-34(48)21-27(2)44-36(50)23-29(4)46-38(52)30(5)41)20-35(49)45-28(3)22-37(51)47-33(39(53)55-24-31-14-8-6-9-15-31)18-12-13-19-42-40(54)56-25-32-16-10-7-11-17-32/h6-11,14-17,26-30,33H,12-13,18-25,41H2,1-5H3,(H,42,54)(H,43,48)(H,44,50)(H,45,49)(H,46,52)(H,47,51)/t26-,27+,28-,29+,30-,33-/m0/s1. The number of rotatable bonds is 24. The van der Waals surface area contributed by atoms with Gasteiger partial charge < -0.3 is 47.1 Å². The van der Waals surface area contributed by atoms with Crippen LogP contribution in [-0.2, 0) is 51.5 Å². The van der Waals surface area contributed by atoms with Crippen LogP contribution in [0.3, 0.4) is 0 Å². The minimum Gasteiger partial charge on any atom is -0.459 e. The molecule has 0 aliphatic carbocycles. The van der Waals surface area contributed by atoms with Gasteiger partial charge >= 0.3 is 12.1 Å². The number of hydrogen-bond donors (Lipinski definition) is 7. The first-order valence-corrected chi connectivity index (χ1v) is 19.0. The molecule has 6 atom stereocenters. The monoisotopic (exact) mass is 781 g/mol. The molecule has 56 heavy (non-hydrogen) atoms. The van der Waals surface area contributed by atoms with Crippen molar-refractivity contribution in [3.63, 3.8) is 0 Å². The van der Waals surface area contributed by atoms with Crippen LogP contribution in [0.1, 0.15) is 90.7 Å². The Morgan fingerprint density at radius 1 is 0.554 bits per heavy atom. The van der Waals surface area contributed by atoms with E-state index in [2.05, 4.69) is 31.9 Å². The summed E-state index contributed by atoms with van der Waals surface area (Å²) in [5, 5.41) is 16.3. The average Bonchev–Trinajstić information content (AvgIpc) is 3.12. The number of hydrogen-bond acceptors (Lipinski definition) is 10. The summed E-state index contributed by atoms with van der Waals surface area (Å²) in [6, 6.07) is 14.7. The second-order valence-corrected chi connectivity index (χ2v) is 14.1. The van der Waals surface area contributed by atoms with Crippen molar-refractivity contribution < 1.29 is 43.0 Å². The fourth-order valence-corrected chi connectivity index (χ4v) is 5.46. The fourth-order valence-electron chi connectivity index (χ4n) is 5.46. The lowest BCUT2D eigenvalue weighted by molar-refractivity contribution is -0.149. The molecule has 0 aromatic heterocycles. The van der Waals surface area contributed by atoms with Gasteiger partial charge in [0.15, 0.2) is 0 Å². The summed E-state index contributed by atoms with van der Waals surface area (Å²) in [6.07, 6.45) is 0.517. The molecule has 2 rings (SSSR count). The summed E-state index contributed by atoms with van der Waals surface area (Å²) >= 11 is 0. The minimum absolute atomic E-state index is 0.0174. The molecule has 0 aliphatic rings. The molecular weight excluding hydrogens is 722 g/mol. The first-order valence-electron chi connectivity index (χ1n) is 19.0. The number of carbonyl (C=O) groups is 7. The Hall–Kier alpha value is -5.51. The molecule has 2 aromatic carbocycles. The van der Waals surface area contributed by atoms with Crippen molar-refractivity contribution in [3.8, 4) is 0 Å². The molecule has 16 heteroatoms. The van der Waals surface area contributed by atoms with Gasteiger partial charge in [0.1, 0.15) is 19.3 Å². The molecule has 0 unspecified atom stereocenters. The van der Waals surface area contributed by atoms with Crippen molar-refractivity contribution in [2.75, 3.05) is 6.54 Å². The van der Waals surface area contributed by atoms with E-state index in [4.69, 9.17) is 15.2 Å². The quantitative estimate of drug-likeness (QED) is 0.0606. The summed E-state index contributed by atoms with van der Waals surface area (Å²) in [6.45, 7) is 8.69. The summed E-state index contributed by atoms with van der Waals surface area (Å²) < 4.78 is 10.7. The minimum atomic E-state index is -0.953. The van der Waals surface area contributed by atoms with E-state index in [0.717, 1.165) is 11.1 Å². The summed E-state index contributed by atoms with van der Waals surface area (Å²) in [7, 11) is 0. The van der Waals surface area contributed by atoms with Gasteiger partial charge in [-0.25, -0.2) is 9.59 Å². The molecule has 0 heterocycles. The van der Waals surface area contributed by atoms with E-state index in [9.17, 15) is 33.6 Å². The van der Waals surface area contributed by atoms with Crippen LogP contribution in [0.25, 0.3) is 0 Å². The molecule has 0 bridgehead atoms. The molecule has 8 N–H and O–H groups in total. The predicted molar refractivity (Wildman–Crippen MR) is 209 cm³/mol. The molecule has 0 saturated heterocycles. The third kappa shape index (κ3) is 20.8. The van der Waals surface area contributed by atoms with E-state index in [1.807, 2.05) is 60.7 Å².